The third kappa shape index (κ3) is 1.29. The lowest BCUT2D eigenvalue weighted by molar-refractivity contribution is 0.692. The van der Waals surface area contributed by atoms with Crippen LogP contribution in [0.25, 0.3) is 10.9 Å². The van der Waals surface area contributed by atoms with Crippen LogP contribution >= 0.6 is 0 Å². The topological polar surface area (TPSA) is 17.0 Å². The van der Waals surface area contributed by atoms with E-state index in [9.17, 15) is 0 Å². The minimum Gasteiger partial charge on any atom is -0.344 e. The Hall–Kier alpha value is -1.28. The second kappa shape index (κ2) is 3.38. The number of nitrogens with zero attached hydrogens (tertiary/aromatic N) is 1. The Labute approximate surface area is 89.9 Å². The van der Waals surface area contributed by atoms with Gasteiger partial charge in [0.1, 0.15) is 0 Å². The van der Waals surface area contributed by atoms with E-state index in [1.807, 2.05) is 7.05 Å². The Kier molecular flexibility index (Phi) is 2.03. The van der Waals surface area contributed by atoms with E-state index >= 15 is 0 Å². The molecule has 0 spiro atoms. The molecular weight excluding hydrogens is 184 g/mol. The molecule has 0 saturated carbocycles. The average molecular weight is 200 g/mol. The van der Waals surface area contributed by atoms with Gasteiger partial charge in [0.15, 0.2) is 0 Å². The fourth-order valence-corrected chi connectivity index (χ4v) is 2.61. The molecule has 1 aliphatic rings. The number of para-hydroxylation sites is 1. The highest BCUT2D eigenvalue weighted by Crippen LogP contribution is 2.29. The van der Waals surface area contributed by atoms with Crippen molar-refractivity contribution in [1.29, 1.82) is 0 Å². The van der Waals surface area contributed by atoms with Gasteiger partial charge in [-0.2, -0.15) is 0 Å². The fraction of sp³-hybridized carbons (Fsp3) is 0.385. The van der Waals surface area contributed by atoms with E-state index in [0.29, 0.717) is 0 Å². The van der Waals surface area contributed by atoms with Crippen LogP contribution in [0.5, 0.6) is 0 Å². The molecule has 2 heteroatoms. The SMILES string of the molecule is CNCCc1cc2cccc3c2n1CC3. The molecule has 0 amide bonds. The molecule has 3 rings (SSSR count). The fourth-order valence-electron chi connectivity index (χ4n) is 2.61. The maximum absolute atomic E-state index is 3.22. The summed E-state index contributed by atoms with van der Waals surface area (Å²) >= 11 is 0. The van der Waals surface area contributed by atoms with Gasteiger partial charge in [0.2, 0.25) is 0 Å². The number of likely N-dealkylation sites (N-methyl/N-ethyl adjacent to an activating group) is 1. The molecule has 78 valence electrons. The third-order valence-corrected chi connectivity index (χ3v) is 3.33. The Balaban J connectivity index is 2.12. The molecule has 1 aliphatic heterocycles. The molecule has 0 radical (unpaired) electrons. The minimum atomic E-state index is 1.06. The summed E-state index contributed by atoms with van der Waals surface area (Å²) in [6.45, 7) is 2.23. The van der Waals surface area contributed by atoms with Crippen molar-refractivity contribution in [3.8, 4) is 0 Å². The lowest BCUT2D eigenvalue weighted by Crippen LogP contribution is -2.12. The van der Waals surface area contributed by atoms with Crippen LogP contribution in [0.15, 0.2) is 24.3 Å². The monoisotopic (exact) mass is 200 g/mol. The van der Waals surface area contributed by atoms with E-state index < -0.39 is 0 Å². The molecule has 1 N–H and O–H groups in total. The Morgan fingerprint density at radius 1 is 1.40 bits per heavy atom. The average Bonchev–Trinajstić information content (AvgIpc) is 2.83. The lowest BCUT2D eigenvalue weighted by atomic mass is 10.1. The smallest absolute Gasteiger partial charge is 0.0515 e. The van der Waals surface area contributed by atoms with Gasteiger partial charge in [-0.05, 0) is 25.1 Å². The van der Waals surface area contributed by atoms with E-state index in [2.05, 4.69) is 34.1 Å². The molecule has 2 aromatic rings. The van der Waals surface area contributed by atoms with Crippen LogP contribution in [0, 0.1) is 0 Å². The molecule has 0 unspecified atom stereocenters. The molecule has 0 aliphatic carbocycles. The van der Waals surface area contributed by atoms with Crippen LogP contribution in [0.3, 0.4) is 0 Å². The predicted molar refractivity (Wildman–Crippen MR) is 63.3 cm³/mol. The summed E-state index contributed by atoms with van der Waals surface area (Å²) in [4.78, 5) is 0. The second-order valence-electron chi connectivity index (χ2n) is 4.25. The van der Waals surface area contributed by atoms with Crippen LogP contribution in [0.4, 0.5) is 0 Å². The number of rotatable bonds is 3. The second-order valence-corrected chi connectivity index (χ2v) is 4.25. The normalized spacial score (nSPS) is 13.9. The summed E-state index contributed by atoms with van der Waals surface area (Å²) in [7, 11) is 2.01. The lowest BCUT2D eigenvalue weighted by Gasteiger charge is -2.04. The highest BCUT2D eigenvalue weighted by Gasteiger charge is 2.16. The van der Waals surface area contributed by atoms with Gasteiger partial charge in [-0.3, -0.25) is 0 Å². The Morgan fingerprint density at radius 3 is 3.20 bits per heavy atom. The van der Waals surface area contributed by atoms with Gasteiger partial charge >= 0.3 is 0 Å². The van der Waals surface area contributed by atoms with Crippen LogP contribution in [0.2, 0.25) is 0 Å². The molecule has 0 fully saturated rings. The molecule has 15 heavy (non-hydrogen) atoms. The van der Waals surface area contributed by atoms with E-state index in [1.165, 1.54) is 35.1 Å². The Morgan fingerprint density at radius 2 is 2.33 bits per heavy atom. The molecule has 0 atom stereocenters. The summed E-state index contributed by atoms with van der Waals surface area (Å²) in [5.41, 5.74) is 4.47. The van der Waals surface area contributed by atoms with Crippen LogP contribution in [-0.4, -0.2) is 18.2 Å². The van der Waals surface area contributed by atoms with Crippen molar-refractivity contribution < 1.29 is 0 Å². The molecule has 1 aromatic carbocycles. The zero-order valence-corrected chi connectivity index (χ0v) is 9.09. The molecular formula is C13H16N2. The van der Waals surface area contributed by atoms with Crippen molar-refractivity contribution in [3.63, 3.8) is 0 Å². The number of hydrogen-bond donors (Lipinski definition) is 1. The van der Waals surface area contributed by atoms with E-state index in [-0.39, 0.29) is 0 Å². The summed E-state index contributed by atoms with van der Waals surface area (Å²) in [5.74, 6) is 0. The van der Waals surface area contributed by atoms with Gasteiger partial charge in [-0.15, -0.1) is 0 Å². The largest absolute Gasteiger partial charge is 0.344 e. The van der Waals surface area contributed by atoms with Crippen molar-refractivity contribution in [3.05, 3.63) is 35.5 Å². The predicted octanol–water partition coefficient (Wildman–Crippen LogP) is 1.96. The van der Waals surface area contributed by atoms with Crippen LogP contribution in [-0.2, 0) is 19.4 Å². The zero-order valence-electron chi connectivity index (χ0n) is 9.09. The molecule has 0 bridgehead atoms. The molecule has 0 saturated heterocycles. The first-order chi connectivity index (χ1) is 7.40. The van der Waals surface area contributed by atoms with Crippen molar-refractivity contribution >= 4 is 10.9 Å². The summed E-state index contributed by atoms with van der Waals surface area (Å²) in [6.07, 6.45) is 2.34. The summed E-state index contributed by atoms with van der Waals surface area (Å²) < 4.78 is 2.49. The number of hydrogen-bond acceptors (Lipinski definition) is 1. The minimum absolute atomic E-state index is 1.06. The number of aryl methyl sites for hydroxylation is 2. The van der Waals surface area contributed by atoms with E-state index in [1.54, 1.807) is 0 Å². The maximum Gasteiger partial charge on any atom is 0.0515 e. The number of nitrogens with one attached hydrogen (secondary N) is 1. The van der Waals surface area contributed by atoms with Crippen molar-refractivity contribution in [2.75, 3.05) is 13.6 Å². The zero-order chi connectivity index (χ0) is 10.3. The van der Waals surface area contributed by atoms with Crippen molar-refractivity contribution in [1.82, 2.24) is 9.88 Å². The van der Waals surface area contributed by atoms with Gasteiger partial charge < -0.3 is 9.88 Å². The molecule has 1 aromatic heterocycles. The molecule has 2 nitrogen and oxygen atoms in total. The quantitative estimate of drug-likeness (QED) is 0.801. The van der Waals surface area contributed by atoms with E-state index in [0.717, 1.165) is 13.0 Å². The number of benzene rings is 1. The third-order valence-electron chi connectivity index (χ3n) is 3.33. The standard InChI is InChI=1S/C13H16N2/c1-14-7-5-12-9-11-4-2-3-10-6-8-15(12)13(10)11/h2-4,9,14H,5-8H2,1H3. The first-order valence-electron chi connectivity index (χ1n) is 5.65. The van der Waals surface area contributed by atoms with Crippen molar-refractivity contribution in [2.45, 2.75) is 19.4 Å². The number of aromatic nitrogens is 1. The maximum atomic E-state index is 3.22. The van der Waals surface area contributed by atoms with Gasteiger partial charge in [-0.25, -0.2) is 0 Å². The van der Waals surface area contributed by atoms with E-state index in [4.69, 9.17) is 0 Å². The summed E-state index contributed by atoms with van der Waals surface area (Å²) in [6, 6.07) is 9.00. The van der Waals surface area contributed by atoms with Gasteiger partial charge in [-0.1, -0.05) is 18.2 Å². The van der Waals surface area contributed by atoms with Crippen molar-refractivity contribution in [2.24, 2.45) is 0 Å². The first kappa shape index (κ1) is 8.98. The summed E-state index contributed by atoms with van der Waals surface area (Å²) in [5, 5.41) is 4.63. The van der Waals surface area contributed by atoms with Gasteiger partial charge in [0.25, 0.3) is 0 Å². The van der Waals surface area contributed by atoms with Gasteiger partial charge in [0, 0.05) is 30.6 Å². The first-order valence-corrected chi connectivity index (χ1v) is 5.65. The van der Waals surface area contributed by atoms with Gasteiger partial charge in [0.05, 0.1) is 5.52 Å². The molecule has 2 heterocycles. The highest BCUT2D eigenvalue weighted by molar-refractivity contribution is 5.85. The highest BCUT2D eigenvalue weighted by atomic mass is 15.0. The Bertz CT molecular complexity index is 496. The van der Waals surface area contributed by atoms with Crippen LogP contribution < -0.4 is 5.32 Å². The van der Waals surface area contributed by atoms with Crippen LogP contribution in [0.1, 0.15) is 11.3 Å².